The van der Waals surface area contributed by atoms with E-state index in [0.29, 0.717) is 6.47 Å². The second-order valence-electron chi connectivity index (χ2n) is 5.65. The fourth-order valence-corrected chi connectivity index (χ4v) is 5.23. The Morgan fingerprint density at radius 1 is 1.47 bits per heavy atom. The van der Waals surface area contributed by atoms with Gasteiger partial charge in [-0.1, -0.05) is 6.92 Å². The fourth-order valence-electron chi connectivity index (χ4n) is 4.61. The molecule has 6 unspecified atom stereocenters. The van der Waals surface area contributed by atoms with Crippen LogP contribution < -0.4 is 0 Å². The van der Waals surface area contributed by atoms with Gasteiger partial charge in [0.15, 0.2) is 0 Å². The van der Waals surface area contributed by atoms with Gasteiger partial charge in [0.25, 0.3) is 6.47 Å². The van der Waals surface area contributed by atoms with E-state index in [2.05, 4.69) is 0 Å². The first-order valence-electron chi connectivity index (χ1n) is 6.00. The third-order valence-corrected chi connectivity index (χ3v) is 5.70. The highest BCUT2D eigenvalue weighted by Gasteiger charge is 2.76. The monoisotopic (exact) mass is 258 g/mol. The molecule has 0 aromatic rings. The molecule has 94 valence electrons. The number of halogens is 1. The summed E-state index contributed by atoms with van der Waals surface area (Å²) in [7, 11) is 0. The van der Waals surface area contributed by atoms with Crippen LogP contribution in [0.2, 0.25) is 0 Å². The van der Waals surface area contributed by atoms with Crippen LogP contribution in [0.4, 0.5) is 0 Å². The number of carboxylic acids is 1. The Hall–Kier alpha value is -0.770. The van der Waals surface area contributed by atoms with Crippen LogP contribution in [0.1, 0.15) is 19.8 Å². The van der Waals surface area contributed by atoms with Gasteiger partial charge in [-0.2, -0.15) is 0 Å². The van der Waals surface area contributed by atoms with Crippen molar-refractivity contribution < 1.29 is 19.4 Å². The molecular weight excluding hydrogens is 244 g/mol. The van der Waals surface area contributed by atoms with E-state index in [1.54, 1.807) is 0 Å². The number of ether oxygens (including phenoxy) is 1. The summed E-state index contributed by atoms with van der Waals surface area (Å²) >= 11 is 6.33. The Balaban J connectivity index is 1.98. The van der Waals surface area contributed by atoms with Crippen molar-refractivity contribution >= 4 is 24.0 Å². The van der Waals surface area contributed by atoms with E-state index in [9.17, 15) is 14.7 Å². The van der Waals surface area contributed by atoms with Crippen molar-refractivity contribution in [2.24, 2.45) is 29.1 Å². The molecule has 0 aromatic heterocycles. The van der Waals surface area contributed by atoms with Crippen LogP contribution >= 0.6 is 11.6 Å². The summed E-state index contributed by atoms with van der Waals surface area (Å²) in [5.74, 6) is -1.00. The van der Waals surface area contributed by atoms with Gasteiger partial charge in [0.1, 0.15) is 6.10 Å². The van der Waals surface area contributed by atoms with Crippen LogP contribution in [0.25, 0.3) is 0 Å². The molecule has 0 heterocycles. The quantitative estimate of drug-likeness (QED) is 0.616. The van der Waals surface area contributed by atoms with Gasteiger partial charge < -0.3 is 9.84 Å². The lowest BCUT2D eigenvalue weighted by Gasteiger charge is -2.33. The van der Waals surface area contributed by atoms with E-state index >= 15 is 0 Å². The summed E-state index contributed by atoms with van der Waals surface area (Å²) in [5, 5.41) is 8.99. The maximum Gasteiger partial charge on any atom is 0.307 e. The lowest BCUT2D eigenvalue weighted by molar-refractivity contribution is -0.148. The van der Waals surface area contributed by atoms with Crippen LogP contribution in [0.15, 0.2) is 0 Å². The highest BCUT2D eigenvalue weighted by molar-refractivity contribution is 6.22. The van der Waals surface area contributed by atoms with Crippen molar-refractivity contribution in [2.75, 3.05) is 0 Å². The lowest BCUT2D eigenvalue weighted by atomic mass is 9.79. The van der Waals surface area contributed by atoms with E-state index in [1.807, 2.05) is 6.92 Å². The number of hydrogen-bond donors (Lipinski definition) is 1. The molecule has 6 atom stereocenters. The van der Waals surface area contributed by atoms with Crippen LogP contribution in [-0.2, 0) is 14.3 Å². The van der Waals surface area contributed by atoms with Crippen LogP contribution in [0.5, 0.6) is 0 Å². The van der Waals surface area contributed by atoms with Gasteiger partial charge in [0, 0.05) is 5.92 Å². The first kappa shape index (κ1) is 11.3. The van der Waals surface area contributed by atoms with E-state index in [4.69, 9.17) is 16.3 Å². The van der Waals surface area contributed by atoms with Crippen LogP contribution in [-0.4, -0.2) is 29.0 Å². The molecule has 0 amide bonds. The van der Waals surface area contributed by atoms with Crippen molar-refractivity contribution in [3.63, 3.8) is 0 Å². The molecule has 4 nitrogen and oxygen atoms in total. The number of carbonyl (C=O) groups excluding carboxylic acids is 1. The Labute approximate surface area is 104 Å². The SMILES string of the molecule is CC1C(C(=O)O)C2C(Cl)C(OC=O)C1C21CC1. The number of aliphatic carboxylic acids is 1. The normalized spacial score (nSPS) is 49.3. The molecule has 17 heavy (non-hydrogen) atoms. The first-order valence-corrected chi connectivity index (χ1v) is 6.44. The van der Waals surface area contributed by atoms with Gasteiger partial charge in [0.2, 0.25) is 0 Å². The summed E-state index contributed by atoms with van der Waals surface area (Å²) in [6.07, 6.45) is 1.75. The minimum atomic E-state index is -0.758. The van der Waals surface area contributed by atoms with Crippen molar-refractivity contribution in [1.29, 1.82) is 0 Å². The van der Waals surface area contributed by atoms with E-state index in [-0.39, 0.29) is 40.6 Å². The fraction of sp³-hybridized carbons (Fsp3) is 0.833. The van der Waals surface area contributed by atoms with Gasteiger partial charge in [0.05, 0.1) is 11.3 Å². The van der Waals surface area contributed by atoms with Crippen molar-refractivity contribution in [3.8, 4) is 0 Å². The third-order valence-electron chi connectivity index (χ3n) is 5.18. The smallest absolute Gasteiger partial charge is 0.307 e. The minimum Gasteiger partial charge on any atom is -0.481 e. The summed E-state index contributed by atoms with van der Waals surface area (Å²) in [4.78, 5) is 21.9. The average molecular weight is 259 g/mol. The van der Waals surface area contributed by atoms with Crippen LogP contribution in [0, 0.1) is 29.1 Å². The minimum absolute atomic E-state index is 0.0355. The molecule has 3 fully saturated rings. The van der Waals surface area contributed by atoms with E-state index < -0.39 is 5.97 Å². The number of hydrogen-bond acceptors (Lipinski definition) is 3. The molecule has 0 aliphatic heterocycles. The second-order valence-corrected chi connectivity index (χ2v) is 6.15. The Morgan fingerprint density at radius 3 is 2.59 bits per heavy atom. The molecular formula is C12H15ClO4. The molecule has 0 aromatic carbocycles. The molecule has 2 bridgehead atoms. The maximum absolute atomic E-state index is 11.4. The summed E-state index contributed by atoms with van der Waals surface area (Å²) in [6.45, 7) is 2.40. The van der Waals surface area contributed by atoms with Gasteiger partial charge in [-0.15, -0.1) is 11.6 Å². The third kappa shape index (κ3) is 1.20. The first-order chi connectivity index (χ1) is 8.04. The largest absolute Gasteiger partial charge is 0.481 e. The van der Waals surface area contributed by atoms with E-state index in [0.717, 1.165) is 12.8 Å². The number of rotatable bonds is 3. The Morgan fingerprint density at radius 2 is 2.12 bits per heavy atom. The molecule has 1 spiro atoms. The molecule has 0 radical (unpaired) electrons. The number of carbonyl (C=O) groups is 2. The van der Waals surface area contributed by atoms with E-state index in [1.165, 1.54) is 0 Å². The molecule has 3 aliphatic rings. The highest BCUT2D eigenvalue weighted by atomic mass is 35.5. The molecule has 3 rings (SSSR count). The number of alkyl halides is 1. The van der Waals surface area contributed by atoms with Gasteiger partial charge in [-0.25, -0.2) is 0 Å². The number of carboxylic acid groups (broad SMARTS) is 1. The summed E-state index contributed by atoms with van der Waals surface area (Å²) in [6, 6.07) is 0. The summed E-state index contributed by atoms with van der Waals surface area (Å²) < 4.78 is 5.12. The van der Waals surface area contributed by atoms with Crippen molar-refractivity contribution in [2.45, 2.75) is 31.2 Å². The standard InChI is InChI=1S/C12H15ClO4/c1-5-6(11(15)16)8-9(13)10(17-4-14)7(5)12(8)2-3-12/h4-10H,2-3H2,1H3,(H,15,16). The van der Waals surface area contributed by atoms with Gasteiger partial charge >= 0.3 is 5.97 Å². The zero-order valence-corrected chi connectivity index (χ0v) is 10.3. The predicted octanol–water partition coefficient (Wildman–Crippen LogP) is 1.51. The molecule has 3 saturated carbocycles. The van der Waals surface area contributed by atoms with Gasteiger partial charge in [-0.05, 0) is 30.1 Å². The predicted molar refractivity (Wildman–Crippen MR) is 59.5 cm³/mol. The average Bonchev–Trinajstić information content (AvgIpc) is 2.94. The second kappa shape index (κ2) is 3.37. The molecule has 5 heteroatoms. The maximum atomic E-state index is 11.4. The van der Waals surface area contributed by atoms with Crippen molar-refractivity contribution in [3.05, 3.63) is 0 Å². The van der Waals surface area contributed by atoms with Crippen LogP contribution in [0.3, 0.4) is 0 Å². The topological polar surface area (TPSA) is 63.6 Å². The molecule has 1 N–H and O–H groups in total. The lowest BCUT2D eigenvalue weighted by Crippen LogP contribution is -2.42. The van der Waals surface area contributed by atoms with Gasteiger partial charge in [-0.3, -0.25) is 9.59 Å². The zero-order valence-electron chi connectivity index (χ0n) is 9.51. The highest BCUT2D eigenvalue weighted by Crippen LogP contribution is 2.75. The Kier molecular flexibility index (Phi) is 2.25. The molecule has 3 aliphatic carbocycles. The molecule has 0 saturated heterocycles. The van der Waals surface area contributed by atoms with Crippen molar-refractivity contribution in [1.82, 2.24) is 0 Å². The summed E-state index contributed by atoms with van der Waals surface area (Å²) in [5.41, 5.74) is 0.0442. The zero-order chi connectivity index (χ0) is 12.4. The Bertz CT molecular complexity index is 379.